The van der Waals surface area contributed by atoms with Crippen molar-refractivity contribution in [2.24, 2.45) is 5.92 Å². The predicted molar refractivity (Wildman–Crippen MR) is 80.1 cm³/mol. The van der Waals surface area contributed by atoms with Crippen molar-refractivity contribution in [2.45, 2.75) is 32.8 Å². The second-order valence-electron chi connectivity index (χ2n) is 4.71. The second kappa shape index (κ2) is 8.43. The van der Waals surface area contributed by atoms with Gasteiger partial charge in [0.15, 0.2) is 0 Å². The zero-order chi connectivity index (χ0) is 15.0. The van der Waals surface area contributed by atoms with Crippen LogP contribution in [0.4, 0.5) is 10.5 Å². The fourth-order valence-corrected chi connectivity index (χ4v) is 2.05. The lowest BCUT2D eigenvalue weighted by atomic mass is 9.97. The summed E-state index contributed by atoms with van der Waals surface area (Å²) in [6, 6.07) is 6.74. The van der Waals surface area contributed by atoms with Gasteiger partial charge >= 0.3 is 6.03 Å². The molecule has 0 aromatic heterocycles. The van der Waals surface area contributed by atoms with E-state index in [4.69, 9.17) is 4.74 Å². The molecular formula is C15H24N2O3. The molecule has 0 aliphatic carbocycles. The Balaban J connectivity index is 2.39. The molecule has 1 unspecified atom stereocenters. The number of hydrogen-bond acceptors (Lipinski definition) is 3. The molecule has 0 heterocycles. The SMILES string of the molecule is CCC(CC)C(O)CNC(=O)Nc1ccc(OC)cc1. The first-order valence-electron chi connectivity index (χ1n) is 6.97. The zero-order valence-corrected chi connectivity index (χ0v) is 12.3. The van der Waals surface area contributed by atoms with E-state index in [1.165, 1.54) is 0 Å². The minimum atomic E-state index is -0.508. The van der Waals surface area contributed by atoms with Crippen molar-refractivity contribution in [3.8, 4) is 5.75 Å². The highest BCUT2D eigenvalue weighted by Crippen LogP contribution is 2.15. The van der Waals surface area contributed by atoms with Gasteiger partial charge in [0.2, 0.25) is 0 Å². The third kappa shape index (κ3) is 5.09. The molecule has 1 aromatic carbocycles. The maximum atomic E-state index is 11.7. The third-order valence-corrected chi connectivity index (χ3v) is 3.41. The largest absolute Gasteiger partial charge is 0.497 e. The number of rotatable bonds is 7. The molecule has 1 aromatic rings. The van der Waals surface area contributed by atoms with Crippen LogP contribution in [0.2, 0.25) is 0 Å². The number of carbonyl (C=O) groups is 1. The molecule has 0 bridgehead atoms. The zero-order valence-electron chi connectivity index (χ0n) is 12.3. The number of aliphatic hydroxyl groups is 1. The van der Waals surface area contributed by atoms with E-state index in [1.54, 1.807) is 31.4 Å². The van der Waals surface area contributed by atoms with Crippen molar-refractivity contribution >= 4 is 11.7 Å². The Hall–Kier alpha value is -1.75. The maximum absolute atomic E-state index is 11.7. The van der Waals surface area contributed by atoms with Gasteiger partial charge in [0.1, 0.15) is 5.75 Å². The van der Waals surface area contributed by atoms with Gasteiger partial charge in [-0.15, -0.1) is 0 Å². The normalized spacial score (nSPS) is 12.1. The van der Waals surface area contributed by atoms with Crippen LogP contribution in [-0.2, 0) is 0 Å². The molecule has 5 heteroatoms. The lowest BCUT2D eigenvalue weighted by molar-refractivity contribution is 0.104. The minimum Gasteiger partial charge on any atom is -0.497 e. The van der Waals surface area contributed by atoms with E-state index in [0.29, 0.717) is 5.69 Å². The summed E-state index contributed by atoms with van der Waals surface area (Å²) in [5.41, 5.74) is 0.681. The molecule has 3 N–H and O–H groups in total. The van der Waals surface area contributed by atoms with Crippen molar-refractivity contribution in [1.29, 1.82) is 0 Å². The van der Waals surface area contributed by atoms with Crippen LogP contribution in [0, 0.1) is 5.92 Å². The van der Waals surface area contributed by atoms with Crippen LogP contribution in [-0.4, -0.2) is 30.9 Å². The molecule has 20 heavy (non-hydrogen) atoms. The van der Waals surface area contributed by atoms with E-state index < -0.39 is 6.10 Å². The van der Waals surface area contributed by atoms with E-state index in [1.807, 2.05) is 13.8 Å². The molecule has 0 saturated heterocycles. The average molecular weight is 280 g/mol. The Kier molecular flexibility index (Phi) is 6.87. The van der Waals surface area contributed by atoms with Gasteiger partial charge in [-0.25, -0.2) is 4.79 Å². The van der Waals surface area contributed by atoms with Crippen molar-refractivity contribution < 1.29 is 14.6 Å². The van der Waals surface area contributed by atoms with E-state index in [-0.39, 0.29) is 18.5 Å². The lowest BCUT2D eigenvalue weighted by Gasteiger charge is -2.20. The molecular weight excluding hydrogens is 256 g/mol. The van der Waals surface area contributed by atoms with Crippen LogP contribution in [0.3, 0.4) is 0 Å². The lowest BCUT2D eigenvalue weighted by Crippen LogP contribution is -2.38. The van der Waals surface area contributed by atoms with Gasteiger partial charge in [0.25, 0.3) is 0 Å². The number of benzene rings is 1. The molecule has 112 valence electrons. The fourth-order valence-electron chi connectivity index (χ4n) is 2.05. The molecule has 5 nitrogen and oxygen atoms in total. The van der Waals surface area contributed by atoms with Crippen LogP contribution in [0.15, 0.2) is 24.3 Å². The number of aliphatic hydroxyl groups excluding tert-OH is 1. The number of amides is 2. The van der Waals surface area contributed by atoms with Crippen molar-refractivity contribution in [2.75, 3.05) is 19.0 Å². The van der Waals surface area contributed by atoms with Crippen LogP contribution in [0.5, 0.6) is 5.75 Å². The highest BCUT2D eigenvalue weighted by molar-refractivity contribution is 5.89. The molecule has 2 amide bonds. The summed E-state index contributed by atoms with van der Waals surface area (Å²) in [4.78, 5) is 11.7. The second-order valence-corrected chi connectivity index (χ2v) is 4.71. The fraction of sp³-hybridized carbons (Fsp3) is 0.533. The topological polar surface area (TPSA) is 70.6 Å². The maximum Gasteiger partial charge on any atom is 0.319 e. The molecule has 0 aliphatic heterocycles. The number of hydrogen-bond donors (Lipinski definition) is 3. The minimum absolute atomic E-state index is 0.219. The number of anilines is 1. The highest BCUT2D eigenvalue weighted by atomic mass is 16.5. The number of urea groups is 1. The van der Waals surface area contributed by atoms with Crippen LogP contribution < -0.4 is 15.4 Å². The molecule has 1 atom stereocenters. The van der Waals surface area contributed by atoms with Gasteiger partial charge in [-0.3, -0.25) is 0 Å². The first-order valence-corrected chi connectivity index (χ1v) is 6.97. The quantitative estimate of drug-likeness (QED) is 0.719. The Morgan fingerprint density at radius 2 is 1.85 bits per heavy atom. The Bertz CT molecular complexity index is 402. The standard InChI is InChI=1S/C15H24N2O3/c1-4-11(5-2)14(18)10-16-15(19)17-12-6-8-13(20-3)9-7-12/h6-9,11,14,18H,4-5,10H2,1-3H3,(H2,16,17,19). The molecule has 0 saturated carbocycles. The summed E-state index contributed by atoms with van der Waals surface area (Å²) in [7, 11) is 1.59. The van der Waals surface area contributed by atoms with Crippen LogP contribution in [0.25, 0.3) is 0 Å². The first kappa shape index (κ1) is 16.3. The Labute approximate surface area is 120 Å². The summed E-state index contributed by atoms with van der Waals surface area (Å²) in [6.07, 6.45) is 1.30. The Morgan fingerprint density at radius 3 is 2.35 bits per heavy atom. The van der Waals surface area contributed by atoms with E-state index in [2.05, 4.69) is 10.6 Å². The number of carbonyl (C=O) groups excluding carboxylic acids is 1. The third-order valence-electron chi connectivity index (χ3n) is 3.41. The highest BCUT2D eigenvalue weighted by Gasteiger charge is 2.16. The summed E-state index contributed by atoms with van der Waals surface area (Å²) in [6.45, 7) is 4.33. The van der Waals surface area contributed by atoms with Crippen molar-refractivity contribution in [1.82, 2.24) is 5.32 Å². The van der Waals surface area contributed by atoms with Crippen molar-refractivity contribution in [3.05, 3.63) is 24.3 Å². The molecule has 0 fully saturated rings. The van der Waals surface area contributed by atoms with Gasteiger partial charge in [0, 0.05) is 12.2 Å². The molecule has 0 spiro atoms. The summed E-state index contributed by atoms with van der Waals surface area (Å²) >= 11 is 0. The van der Waals surface area contributed by atoms with Gasteiger partial charge in [0.05, 0.1) is 13.2 Å². The summed E-state index contributed by atoms with van der Waals surface area (Å²) in [5, 5.41) is 15.3. The smallest absolute Gasteiger partial charge is 0.319 e. The van der Waals surface area contributed by atoms with Crippen LogP contribution >= 0.6 is 0 Å². The Morgan fingerprint density at radius 1 is 1.25 bits per heavy atom. The van der Waals surface area contributed by atoms with E-state index in [0.717, 1.165) is 18.6 Å². The average Bonchev–Trinajstić information content (AvgIpc) is 2.47. The number of methoxy groups -OCH3 is 1. The molecule has 0 radical (unpaired) electrons. The van der Waals surface area contributed by atoms with Gasteiger partial charge < -0.3 is 20.5 Å². The first-order chi connectivity index (χ1) is 9.60. The van der Waals surface area contributed by atoms with E-state index >= 15 is 0 Å². The number of ether oxygens (including phenoxy) is 1. The van der Waals surface area contributed by atoms with E-state index in [9.17, 15) is 9.90 Å². The van der Waals surface area contributed by atoms with Crippen LogP contribution in [0.1, 0.15) is 26.7 Å². The predicted octanol–water partition coefficient (Wildman–Crippen LogP) is 2.61. The van der Waals surface area contributed by atoms with Gasteiger partial charge in [-0.05, 0) is 30.2 Å². The molecule has 1 rings (SSSR count). The number of nitrogens with one attached hydrogen (secondary N) is 2. The van der Waals surface area contributed by atoms with Gasteiger partial charge in [-0.1, -0.05) is 26.7 Å². The monoisotopic (exact) mass is 280 g/mol. The van der Waals surface area contributed by atoms with Gasteiger partial charge in [-0.2, -0.15) is 0 Å². The summed E-state index contributed by atoms with van der Waals surface area (Å²) < 4.78 is 5.04. The molecule has 0 aliphatic rings. The van der Waals surface area contributed by atoms with Crippen molar-refractivity contribution in [3.63, 3.8) is 0 Å². The summed E-state index contributed by atoms with van der Waals surface area (Å²) in [5.74, 6) is 0.955.